The molecule has 2 aromatic rings. The van der Waals surface area contributed by atoms with Crippen molar-refractivity contribution in [2.24, 2.45) is 0 Å². The van der Waals surface area contributed by atoms with Crippen molar-refractivity contribution in [3.63, 3.8) is 0 Å². The first-order valence-electron chi connectivity index (χ1n) is 8.02. The fraction of sp³-hybridized carbons (Fsp3) is 0.294. The Morgan fingerprint density at radius 3 is 1.53 bits per heavy atom. The van der Waals surface area contributed by atoms with Gasteiger partial charge in [0, 0.05) is 0 Å². The Labute approximate surface area is 182 Å². The summed E-state index contributed by atoms with van der Waals surface area (Å²) >= 11 is -4.21. The van der Waals surface area contributed by atoms with Crippen LogP contribution < -0.4 is 20.2 Å². The van der Waals surface area contributed by atoms with Crippen molar-refractivity contribution < 1.29 is 75.1 Å². The molecule has 0 fully saturated rings. The third-order valence-corrected chi connectivity index (χ3v) is 11.2. The van der Waals surface area contributed by atoms with Crippen molar-refractivity contribution >= 4 is 10.1 Å². The van der Waals surface area contributed by atoms with Gasteiger partial charge in [-0.15, -0.1) is 0 Å². The summed E-state index contributed by atoms with van der Waals surface area (Å²) in [5, 5.41) is -6.97. The average molecular weight is 612 g/mol. The highest BCUT2D eigenvalue weighted by Gasteiger charge is 2.86. The van der Waals surface area contributed by atoms with Crippen LogP contribution in [0.5, 0.6) is 0 Å². The second-order valence-electron chi connectivity index (χ2n) is 6.16. The lowest BCUT2D eigenvalue weighted by atomic mass is 10.1. The molecule has 0 aliphatic rings. The summed E-state index contributed by atoms with van der Waals surface area (Å²) in [4.78, 5) is 0. The number of aryl methyl sites for hydroxylation is 1. The first-order chi connectivity index (χ1) is 14.3. The van der Waals surface area contributed by atoms with Gasteiger partial charge in [-0.3, -0.25) is 0 Å². The zero-order valence-corrected chi connectivity index (χ0v) is 18.4. The highest BCUT2D eigenvalue weighted by atomic mass is 127. The molecule has 2 rings (SSSR count). The molecule has 1 radical (unpaired) electrons. The lowest BCUT2D eigenvalue weighted by molar-refractivity contribution is -1.03. The van der Waals surface area contributed by atoms with Crippen LogP contribution in [0.25, 0.3) is 0 Å². The molecule has 0 unspecified atom stereocenters. The van der Waals surface area contributed by atoms with Crippen LogP contribution >= 0.6 is 0 Å². The molecular formula is C17H11F10IO3S+. The SMILES string of the molecule is Cc1ccc([I+](OS(=O)(=O)C(F)(F)C(F)(F)C(F)(F)C(F)(F)F)c2ccc(F)cc2)cc1. The molecule has 0 N–H and O–H groups in total. The molecular weight excluding hydrogens is 601 g/mol. The lowest BCUT2D eigenvalue weighted by Crippen LogP contribution is -3.85. The molecule has 0 bridgehead atoms. The fourth-order valence-electron chi connectivity index (χ4n) is 2.03. The number of alkyl halides is 9. The molecule has 32 heavy (non-hydrogen) atoms. The van der Waals surface area contributed by atoms with Gasteiger partial charge in [0.2, 0.25) is 0 Å². The second kappa shape index (κ2) is 8.62. The Kier molecular flexibility index (Phi) is 7.18. The van der Waals surface area contributed by atoms with E-state index in [9.17, 15) is 52.3 Å². The summed E-state index contributed by atoms with van der Waals surface area (Å²) < 4.78 is 159. The number of halogens is 11. The number of rotatable bonds is 7. The molecule has 0 saturated heterocycles. The van der Waals surface area contributed by atoms with E-state index in [0.717, 1.165) is 24.3 Å². The third-order valence-electron chi connectivity index (χ3n) is 3.79. The van der Waals surface area contributed by atoms with Crippen LogP contribution in [0, 0.1) is 19.9 Å². The molecule has 2 aromatic carbocycles. The Balaban J connectivity index is 2.58. The molecule has 0 spiro atoms. The summed E-state index contributed by atoms with van der Waals surface area (Å²) in [6, 6.07) is 8.32. The summed E-state index contributed by atoms with van der Waals surface area (Å²) in [6.45, 7) is 1.58. The van der Waals surface area contributed by atoms with E-state index in [1.165, 1.54) is 24.3 Å². The van der Waals surface area contributed by atoms with Crippen LogP contribution in [0.4, 0.5) is 43.9 Å². The van der Waals surface area contributed by atoms with Gasteiger partial charge in [-0.1, -0.05) is 17.7 Å². The second-order valence-corrected chi connectivity index (χ2v) is 12.7. The van der Waals surface area contributed by atoms with Crippen LogP contribution in [0.3, 0.4) is 0 Å². The van der Waals surface area contributed by atoms with Crippen molar-refractivity contribution in [2.45, 2.75) is 30.2 Å². The molecule has 179 valence electrons. The quantitative estimate of drug-likeness (QED) is 0.357. The van der Waals surface area contributed by atoms with Gasteiger partial charge >= 0.3 is 53.6 Å². The van der Waals surface area contributed by atoms with E-state index in [1.807, 2.05) is 0 Å². The number of benzene rings is 2. The van der Waals surface area contributed by atoms with E-state index < -0.39 is 59.4 Å². The maximum Gasteiger partial charge on any atom is 0.460 e. The van der Waals surface area contributed by atoms with Crippen LogP contribution in [-0.2, 0) is 12.6 Å². The van der Waals surface area contributed by atoms with Gasteiger partial charge in [0.25, 0.3) is 0 Å². The predicted molar refractivity (Wildman–Crippen MR) is 85.9 cm³/mol. The van der Waals surface area contributed by atoms with Crippen LogP contribution in [-0.4, -0.2) is 31.7 Å². The Bertz CT molecular complexity index is 1010. The van der Waals surface area contributed by atoms with Gasteiger partial charge in [0.15, 0.2) is 7.14 Å². The maximum absolute atomic E-state index is 14.0. The molecule has 0 atom stereocenters. The van der Waals surface area contributed by atoms with Crippen molar-refractivity contribution in [3.05, 3.63) is 67.1 Å². The highest BCUT2D eigenvalue weighted by molar-refractivity contribution is 7.87. The smallest absolute Gasteiger partial charge is 0.207 e. The van der Waals surface area contributed by atoms with E-state index in [-0.39, 0.29) is 7.14 Å². The van der Waals surface area contributed by atoms with E-state index in [1.54, 1.807) is 6.92 Å². The van der Waals surface area contributed by atoms with Crippen LogP contribution in [0.2, 0.25) is 0 Å². The van der Waals surface area contributed by atoms with Gasteiger partial charge in [-0.05, 0) is 45.8 Å². The highest BCUT2D eigenvalue weighted by Crippen LogP contribution is 2.54. The van der Waals surface area contributed by atoms with Crippen LogP contribution in [0.15, 0.2) is 48.5 Å². The molecule has 0 aromatic heterocycles. The largest absolute Gasteiger partial charge is 0.460 e. The molecule has 0 heterocycles. The van der Waals surface area contributed by atoms with E-state index >= 15 is 0 Å². The summed E-state index contributed by atoms with van der Waals surface area (Å²) in [7, 11) is -7.06. The van der Waals surface area contributed by atoms with Crippen molar-refractivity contribution in [1.29, 1.82) is 0 Å². The topological polar surface area (TPSA) is 43.4 Å². The molecule has 0 saturated carbocycles. The standard InChI is InChI=1S/C17H11F10IO3S/c1-10-2-6-12(7-3-10)28(13-8-4-11(18)5-9-13)31-32(29,30)17(26,27)15(21,22)14(19,20)16(23,24)25/h2-9H,1H3/q+1. The first kappa shape index (κ1) is 26.6. The van der Waals surface area contributed by atoms with Gasteiger partial charge in [-0.25, -0.2) is 4.39 Å². The van der Waals surface area contributed by atoms with E-state index in [4.69, 9.17) is 0 Å². The molecule has 15 heteroatoms. The van der Waals surface area contributed by atoms with Crippen LogP contribution in [0.1, 0.15) is 5.56 Å². The number of hydrogen-bond donors (Lipinski definition) is 0. The minimum atomic E-state index is -7.41. The zero-order valence-electron chi connectivity index (χ0n) is 15.4. The van der Waals surface area contributed by atoms with Crippen molar-refractivity contribution in [2.75, 3.05) is 0 Å². The Hall–Kier alpha value is -1.62. The molecule has 3 nitrogen and oxygen atoms in total. The van der Waals surface area contributed by atoms with Crippen molar-refractivity contribution in [1.82, 2.24) is 0 Å². The van der Waals surface area contributed by atoms with E-state index in [2.05, 4.69) is 2.51 Å². The third kappa shape index (κ3) is 4.69. The predicted octanol–water partition coefficient (Wildman–Crippen LogP) is 2.49. The van der Waals surface area contributed by atoms with Gasteiger partial charge < -0.3 is 0 Å². The summed E-state index contributed by atoms with van der Waals surface area (Å²) in [5.74, 6) is -15.7. The van der Waals surface area contributed by atoms with E-state index in [0.29, 0.717) is 5.56 Å². The monoisotopic (exact) mass is 612 g/mol. The first-order valence-corrected chi connectivity index (χ1v) is 12.5. The summed E-state index contributed by atoms with van der Waals surface area (Å²) in [5.41, 5.74) is 0.591. The summed E-state index contributed by atoms with van der Waals surface area (Å²) in [6.07, 6.45) is -7.19. The van der Waals surface area contributed by atoms with Gasteiger partial charge in [-0.2, -0.15) is 47.9 Å². The Morgan fingerprint density at radius 2 is 1.12 bits per heavy atom. The van der Waals surface area contributed by atoms with Gasteiger partial charge in [0.1, 0.15) is 5.82 Å². The Morgan fingerprint density at radius 1 is 0.719 bits per heavy atom. The average Bonchev–Trinajstić information content (AvgIpc) is 2.66. The molecule has 0 aliphatic heterocycles. The minimum absolute atomic E-state index is 0.128. The zero-order chi connectivity index (χ0) is 24.8. The fourth-order valence-corrected chi connectivity index (χ4v) is 8.95. The molecule has 0 aliphatic carbocycles. The molecule has 0 amide bonds. The van der Waals surface area contributed by atoms with Crippen molar-refractivity contribution in [3.8, 4) is 0 Å². The maximum atomic E-state index is 14.0. The van der Waals surface area contributed by atoms with Gasteiger partial charge in [0.05, 0.1) is 0 Å². The normalized spacial score (nSPS) is 14.1. The lowest BCUT2D eigenvalue weighted by Gasteiger charge is -2.31. The number of hydrogen-bond acceptors (Lipinski definition) is 3. The minimum Gasteiger partial charge on any atom is -0.207 e.